The fraction of sp³-hybridized carbons (Fsp3) is 0.562. The average molecular weight is 295 g/mol. The molecule has 0 radical (unpaired) electrons. The third-order valence-electron chi connectivity index (χ3n) is 4.04. The lowest BCUT2D eigenvalue weighted by Crippen LogP contribution is -2.38. The fourth-order valence-electron chi connectivity index (χ4n) is 3.12. The van der Waals surface area contributed by atoms with E-state index in [-0.39, 0.29) is 11.6 Å². The highest BCUT2D eigenvalue weighted by atomic mass is 19.1. The molecule has 0 amide bonds. The van der Waals surface area contributed by atoms with Gasteiger partial charge in [-0.25, -0.2) is 8.78 Å². The summed E-state index contributed by atoms with van der Waals surface area (Å²) in [5.41, 5.74) is 5.42. The van der Waals surface area contributed by atoms with Gasteiger partial charge >= 0.3 is 0 Å². The molecule has 0 atom stereocenters. The number of nitrogens with zero attached hydrogens (tertiary/aromatic N) is 1. The topological polar surface area (TPSA) is 50.4 Å². The van der Waals surface area contributed by atoms with E-state index in [2.05, 4.69) is 10.3 Å². The van der Waals surface area contributed by atoms with Crippen molar-refractivity contribution in [1.29, 1.82) is 0 Å². The second kappa shape index (κ2) is 6.41. The van der Waals surface area contributed by atoms with Crippen molar-refractivity contribution in [3.63, 3.8) is 0 Å². The lowest BCUT2D eigenvalue weighted by atomic mass is 9.78. The molecule has 116 valence electrons. The molecule has 0 saturated heterocycles. The minimum Gasteiger partial charge on any atom is -0.370 e. The molecule has 1 aromatic rings. The molecule has 3 N–H and O–H groups in total. The molecular weight excluding hydrogens is 272 g/mol. The van der Waals surface area contributed by atoms with Crippen LogP contribution in [0.25, 0.3) is 0 Å². The minimum absolute atomic E-state index is 0.170. The Kier molecular flexibility index (Phi) is 4.80. The van der Waals surface area contributed by atoms with E-state index < -0.39 is 17.0 Å². The monoisotopic (exact) mass is 295 g/mol. The van der Waals surface area contributed by atoms with Crippen molar-refractivity contribution in [2.45, 2.75) is 51.0 Å². The molecule has 0 spiro atoms. The largest absolute Gasteiger partial charge is 0.370 e. The van der Waals surface area contributed by atoms with E-state index in [4.69, 9.17) is 5.73 Å². The van der Waals surface area contributed by atoms with E-state index in [9.17, 15) is 8.78 Å². The summed E-state index contributed by atoms with van der Waals surface area (Å²) in [5.74, 6) is -0.641. The van der Waals surface area contributed by atoms with Gasteiger partial charge in [-0.15, -0.1) is 0 Å². The van der Waals surface area contributed by atoms with Crippen molar-refractivity contribution >= 4 is 5.96 Å². The Hall–Kier alpha value is -1.65. The SMILES string of the molecule is CC(C)NC(N)=NCC1(c2c(F)cccc2F)CCCC1. The molecule has 1 fully saturated rings. The number of halogens is 2. The Morgan fingerprint density at radius 1 is 1.29 bits per heavy atom. The second-order valence-electron chi connectivity index (χ2n) is 6.08. The lowest BCUT2D eigenvalue weighted by Gasteiger charge is -2.29. The summed E-state index contributed by atoms with van der Waals surface area (Å²) in [4.78, 5) is 4.33. The molecular formula is C16H23F2N3. The summed E-state index contributed by atoms with van der Waals surface area (Å²) in [6.45, 7) is 4.24. The molecule has 0 aromatic heterocycles. The van der Waals surface area contributed by atoms with Crippen molar-refractivity contribution in [1.82, 2.24) is 5.32 Å². The molecule has 0 heterocycles. The molecule has 0 bridgehead atoms. The zero-order chi connectivity index (χ0) is 15.5. The molecule has 5 heteroatoms. The summed E-state index contributed by atoms with van der Waals surface area (Å²) in [7, 11) is 0. The summed E-state index contributed by atoms with van der Waals surface area (Å²) < 4.78 is 28.3. The maximum absolute atomic E-state index is 14.1. The van der Waals surface area contributed by atoms with Crippen LogP contribution < -0.4 is 11.1 Å². The van der Waals surface area contributed by atoms with E-state index in [1.807, 2.05) is 13.8 Å². The van der Waals surface area contributed by atoms with Crippen LogP contribution in [0.15, 0.2) is 23.2 Å². The van der Waals surface area contributed by atoms with E-state index in [1.165, 1.54) is 18.2 Å². The van der Waals surface area contributed by atoms with E-state index >= 15 is 0 Å². The zero-order valence-corrected chi connectivity index (χ0v) is 12.6. The number of nitrogens with one attached hydrogen (secondary N) is 1. The van der Waals surface area contributed by atoms with Crippen LogP contribution in [0.5, 0.6) is 0 Å². The molecule has 2 rings (SSSR count). The van der Waals surface area contributed by atoms with Gasteiger partial charge in [0.15, 0.2) is 5.96 Å². The Morgan fingerprint density at radius 2 is 1.86 bits per heavy atom. The van der Waals surface area contributed by atoms with Gasteiger partial charge in [-0.3, -0.25) is 4.99 Å². The third-order valence-corrected chi connectivity index (χ3v) is 4.04. The lowest BCUT2D eigenvalue weighted by molar-refractivity contribution is 0.400. The van der Waals surface area contributed by atoms with E-state index in [0.717, 1.165) is 25.7 Å². The normalized spacial score (nSPS) is 18.2. The van der Waals surface area contributed by atoms with Gasteiger partial charge in [0, 0.05) is 17.0 Å². The first-order chi connectivity index (χ1) is 9.94. The van der Waals surface area contributed by atoms with Crippen LogP contribution in [0, 0.1) is 11.6 Å². The predicted octanol–water partition coefficient (Wildman–Crippen LogP) is 3.09. The first kappa shape index (κ1) is 15.7. The average Bonchev–Trinajstić information content (AvgIpc) is 2.85. The number of hydrogen-bond acceptors (Lipinski definition) is 1. The Balaban J connectivity index is 2.29. The van der Waals surface area contributed by atoms with Gasteiger partial charge < -0.3 is 11.1 Å². The van der Waals surface area contributed by atoms with Crippen LogP contribution in [0.3, 0.4) is 0 Å². The first-order valence-corrected chi connectivity index (χ1v) is 7.45. The molecule has 0 aliphatic heterocycles. The molecule has 3 nitrogen and oxygen atoms in total. The summed E-state index contributed by atoms with van der Waals surface area (Å²) in [6, 6.07) is 4.21. The van der Waals surface area contributed by atoms with Crippen molar-refractivity contribution in [2.75, 3.05) is 6.54 Å². The van der Waals surface area contributed by atoms with Crippen LogP contribution in [-0.2, 0) is 5.41 Å². The van der Waals surface area contributed by atoms with Crippen molar-refractivity contribution in [3.05, 3.63) is 35.4 Å². The maximum atomic E-state index is 14.1. The Bertz CT molecular complexity index is 500. The van der Waals surface area contributed by atoms with Crippen molar-refractivity contribution in [3.8, 4) is 0 Å². The highest BCUT2D eigenvalue weighted by molar-refractivity contribution is 5.78. The minimum atomic E-state index is -0.571. The zero-order valence-electron chi connectivity index (χ0n) is 12.6. The molecule has 1 saturated carbocycles. The summed E-state index contributed by atoms with van der Waals surface area (Å²) >= 11 is 0. The van der Waals surface area contributed by atoms with Crippen LogP contribution >= 0.6 is 0 Å². The number of benzene rings is 1. The summed E-state index contributed by atoms with van der Waals surface area (Å²) in [6.07, 6.45) is 3.40. The summed E-state index contributed by atoms with van der Waals surface area (Å²) in [5, 5.41) is 3.00. The smallest absolute Gasteiger partial charge is 0.188 e. The van der Waals surface area contributed by atoms with Crippen molar-refractivity contribution in [2.24, 2.45) is 10.7 Å². The third kappa shape index (κ3) is 3.52. The van der Waals surface area contributed by atoms with E-state index in [1.54, 1.807) is 0 Å². The molecule has 21 heavy (non-hydrogen) atoms. The van der Waals surface area contributed by atoms with Gasteiger partial charge in [-0.1, -0.05) is 18.9 Å². The number of guanidine groups is 1. The Labute approximate surface area is 124 Å². The molecule has 1 aromatic carbocycles. The van der Waals surface area contributed by atoms with Crippen LogP contribution in [0.2, 0.25) is 0 Å². The van der Waals surface area contributed by atoms with Crippen molar-refractivity contribution < 1.29 is 8.78 Å². The van der Waals surface area contributed by atoms with Crippen LogP contribution in [0.1, 0.15) is 45.1 Å². The number of hydrogen-bond donors (Lipinski definition) is 2. The second-order valence-corrected chi connectivity index (χ2v) is 6.08. The van der Waals surface area contributed by atoms with Crippen LogP contribution in [0.4, 0.5) is 8.78 Å². The van der Waals surface area contributed by atoms with E-state index in [0.29, 0.717) is 12.5 Å². The molecule has 1 aliphatic rings. The van der Waals surface area contributed by atoms with Gasteiger partial charge in [-0.2, -0.15) is 0 Å². The highest BCUT2D eigenvalue weighted by Gasteiger charge is 2.39. The Morgan fingerprint density at radius 3 is 2.38 bits per heavy atom. The number of aliphatic imine (C=N–C) groups is 1. The van der Waals surface area contributed by atoms with Gasteiger partial charge in [0.05, 0.1) is 6.54 Å². The highest BCUT2D eigenvalue weighted by Crippen LogP contribution is 2.43. The quantitative estimate of drug-likeness (QED) is 0.662. The fourth-order valence-corrected chi connectivity index (χ4v) is 3.12. The number of rotatable bonds is 4. The van der Waals surface area contributed by atoms with Gasteiger partial charge in [0.25, 0.3) is 0 Å². The first-order valence-electron chi connectivity index (χ1n) is 7.45. The predicted molar refractivity (Wildman–Crippen MR) is 81.3 cm³/mol. The van der Waals surface area contributed by atoms with Crippen LogP contribution in [-0.4, -0.2) is 18.5 Å². The maximum Gasteiger partial charge on any atom is 0.188 e. The standard InChI is InChI=1S/C16H23F2N3/c1-11(2)21-15(19)20-10-16(8-3-4-9-16)14-12(17)6-5-7-13(14)18/h5-7,11H,3-4,8-10H2,1-2H3,(H3,19,20,21). The molecule has 0 unspecified atom stereocenters. The van der Waals surface area contributed by atoms with Gasteiger partial charge in [0.1, 0.15) is 11.6 Å². The van der Waals surface area contributed by atoms with Gasteiger partial charge in [0.2, 0.25) is 0 Å². The van der Waals surface area contributed by atoms with Gasteiger partial charge in [-0.05, 0) is 38.8 Å². The molecule has 1 aliphatic carbocycles. The number of nitrogens with two attached hydrogens (primary N) is 1.